The van der Waals surface area contributed by atoms with Crippen LogP contribution in [0, 0.1) is 0 Å². The fraction of sp³-hybridized carbons (Fsp3) is 0.200. The van der Waals surface area contributed by atoms with E-state index in [1.807, 2.05) is 6.07 Å². The van der Waals surface area contributed by atoms with Crippen LogP contribution in [0.1, 0.15) is 5.56 Å². The van der Waals surface area contributed by atoms with Crippen LogP contribution < -0.4 is 5.73 Å². The largest absolute Gasteiger partial charge is 0.330 e. The Labute approximate surface area is 96.4 Å². The maximum Gasteiger partial charge on any atom is 0.0510 e. The molecule has 0 saturated heterocycles. The van der Waals surface area contributed by atoms with Gasteiger partial charge >= 0.3 is 0 Å². The third-order valence-electron chi connectivity index (χ3n) is 2.08. The molecule has 1 aromatic heterocycles. The number of benzene rings is 1. The second-order valence-electron chi connectivity index (χ2n) is 3.06. The monoisotopic (exact) mass is 245 g/mol. The van der Waals surface area contributed by atoms with Gasteiger partial charge in [0.25, 0.3) is 0 Å². The van der Waals surface area contributed by atoms with Crippen LogP contribution in [-0.2, 0) is 6.42 Å². The molecule has 0 spiro atoms. The molecule has 0 aliphatic carbocycles. The van der Waals surface area contributed by atoms with Crippen molar-refractivity contribution in [2.45, 2.75) is 6.42 Å². The zero-order valence-electron chi connectivity index (χ0n) is 7.39. The lowest BCUT2D eigenvalue weighted by atomic mass is 10.1. The Morgan fingerprint density at radius 2 is 2.07 bits per heavy atom. The number of hydrogen-bond donors (Lipinski definition) is 1. The molecule has 1 heterocycles. The van der Waals surface area contributed by atoms with Gasteiger partial charge in [0.15, 0.2) is 0 Å². The third-order valence-corrected chi connectivity index (χ3v) is 3.58. The SMILES string of the molecule is NCCc1csc2cc(Cl)cc(Cl)c12. The van der Waals surface area contributed by atoms with Crippen LogP contribution in [-0.4, -0.2) is 6.54 Å². The second-order valence-corrected chi connectivity index (χ2v) is 4.82. The minimum atomic E-state index is 0.644. The van der Waals surface area contributed by atoms with Crippen LogP contribution in [0.15, 0.2) is 17.5 Å². The molecule has 0 bridgehead atoms. The summed E-state index contributed by atoms with van der Waals surface area (Å²) in [6, 6.07) is 3.71. The summed E-state index contributed by atoms with van der Waals surface area (Å²) in [5.41, 5.74) is 6.74. The minimum absolute atomic E-state index is 0.644. The van der Waals surface area contributed by atoms with Gasteiger partial charge in [0.1, 0.15) is 0 Å². The first-order chi connectivity index (χ1) is 6.72. The normalized spacial score (nSPS) is 11.1. The zero-order valence-corrected chi connectivity index (χ0v) is 9.72. The Kier molecular flexibility index (Phi) is 2.98. The molecule has 1 aromatic carbocycles. The average molecular weight is 246 g/mol. The Balaban J connectivity index is 2.66. The van der Waals surface area contributed by atoms with E-state index in [9.17, 15) is 0 Å². The maximum atomic E-state index is 6.13. The minimum Gasteiger partial charge on any atom is -0.330 e. The number of halogens is 2. The summed E-state index contributed by atoms with van der Waals surface area (Å²) in [4.78, 5) is 0. The molecule has 0 aliphatic rings. The zero-order chi connectivity index (χ0) is 10.1. The number of thiophene rings is 1. The summed E-state index contributed by atoms with van der Waals surface area (Å²) in [6.45, 7) is 0.644. The summed E-state index contributed by atoms with van der Waals surface area (Å²) in [5.74, 6) is 0. The molecule has 0 unspecified atom stereocenters. The number of nitrogens with two attached hydrogens (primary N) is 1. The summed E-state index contributed by atoms with van der Waals surface area (Å²) < 4.78 is 1.13. The highest BCUT2D eigenvalue weighted by atomic mass is 35.5. The fourth-order valence-electron chi connectivity index (χ4n) is 1.49. The fourth-order valence-corrected chi connectivity index (χ4v) is 3.28. The van der Waals surface area contributed by atoms with Crippen LogP contribution in [0.2, 0.25) is 10.0 Å². The van der Waals surface area contributed by atoms with E-state index in [1.165, 1.54) is 5.56 Å². The van der Waals surface area contributed by atoms with Crippen molar-refractivity contribution >= 4 is 44.6 Å². The van der Waals surface area contributed by atoms with E-state index in [1.54, 1.807) is 17.4 Å². The predicted molar refractivity (Wildman–Crippen MR) is 64.6 cm³/mol. The van der Waals surface area contributed by atoms with Crippen LogP contribution in [0.5, 0.6) is 0 Å². The Morgan fingerprint density at radius 1 is 1.29 bits per heavy atom. The van der Waals surface area contributed by atoms with Crippen LogP contribution in [0.3, 0.4) is 0 Å². The van der Waals surface area contributed by atoms with Crippen molar-refractivity contribution in [3.8, 4) is 0 Å². The molecule has 0 fully saturated rings. The van der Waals surface area contributed by atoms with Crippen LogP contribution in [0.25, 0.3) is 10.1 Å². The molecule has 74 valence electrons. The first-order valence-corrected chi connectivity index (χ1v) is 5.91. The molecule has 2 rings (SSSR count). The second kappa shape index (κ2) is 4.07. The van der Waals surface area contributed by atoms with Gasteiger partial charge in [-0.3, -0.25) is 0 Å². The van der Waals surface area contributed by atoms with E-state index < -0.39 is 0 Å². The Bertz CT molecular complexity index is 464. The summed E-state index contributed by atoms with van der Waals surface area (Å²) in [7, 11) is 0. The molecular formula is C10H9Cl2NS. The van der Waals surface area contributed by atoms with Crippen molar-refractivity contribution in [2.75, 3.05) is 6.54 Å². The maximum absolute atomic E-state index is 6.13. The molecule has 1 nitrogen and oxygen atoms in total. The van der Waals surface area contributed by atoms with Gasteiger partial charge in [0, 0.05) is 15.1 Å². The predicted octanol–water partition coefficient (Wildman–Crippen LogP) is 3.71. The van der Waals surface area contributed by atoms with Crippen molar-refractivity contribution in [2.24, 2.45) is 5.73 Å². The number of hydrogen-bond acceptors (Lipinski definition) is 2. The standard InChI is InChI=1S/C10H9Cl2NS/c11-7-3-8(12)10-6(1-2-13)5-14-9(10)4-7/h3-5H,1-2,13H2. The summed E-state index contributed by atoms with van der Waals surface area (Å²) in [5, 5.41) is 4.60. The summed E-state index contributed by atoms with van der Waals surface area (Å²) >= 11 is 13.7. The molecule has 2 aromatic rings. The van der Waals surface area contributed by atoms with Crippen molar-refractivity contribution < 1.29 is 0 Å². The quantitative estimate of drug-likeness (QED) is 0.858. The lowest BCUT2D eigenvalue weighted by Crippen LogP contribution is -2.01. The van der Waals surface area contributed by atoms with Gasteiger partial charge in [-0.1, -0.05) is 23.2 Å². The molecule has 2 N–H and O–H groups in total. The first kappa shape index (κ1) is 10.2. The molecule has 0 aliphatic heterocycles. The first-order valence-electron chi connectivity index (χ1n) is 4.27. The van der Waals surface area contributed by atoms with Crippen molar-refractivity contribution in [1.82, 2.24) is 0 Å². The van der Waals surface area contributed by atoms with Crippen molar-refractivity contribution in [3.63, 3.8) is 0 Å². The van der Waals surface area contributed by atoms with Gasteiger partial charge < -0.3 is 5.73 Å². The van der Waals surface area contributed by atoms with Gasteiger partial charge in [-0.15, -0.1) is 11.3 Å². The third kappa shape index (κ3) is 1.75. The highest BCUT2D eigenvalue weighted by Crippen LogP contribution is 2.34. The van der Waals surface area contributed by atoms with Crippen LogP contribution >= 0.6 is 34.5 Å². The molecule has 0 saturated carbocycles. The molecule has 0 amide bonds. The van der Waals surface area contributed by atoms with Gasteiger partial charge in [-0.2, -0.15) is 0 Å². The molecule has 4 heteroatoms. The Morgan fingerprint density at radius 3 is 2.79 bits per heavy atom. The topological polar surface area (TPSA) is 26.0 Å². The smallest absolute Gasteiger partial charge is 0.0510 e. The highest BCUT2D eigenvalue weighted by molar-refractivity contribution is 7.17. The Hall–Kier alpha value is -0.280. The van der Waals surface area contributed by atoms with Gasteiger partial charge in [-0.05, 0) is 36.0 Å². The van der Waals surface area contributed by atoms with Crippen molar-refractivity contribution in [3.05, 3.63) is 33.1 Å². The van der Waals surface area contributed by atoms with E-state index in [2.05, 4.69) is 5.38 Å². The van der Waals surface area contributed by atoms with E-state index in [4.69, 9.17) is 28.9 Å². The van der Waals surface area contributed by atoms with E-state index in [-0.39, 0.29) is 0 Å². The molecular weight excluding hydrogens is 237 g/mol. The van der Waals surface area contributed by atoms with Gasteiger partial charge in [-0.25, -0.2) is 0 Å². The van der Waals surface area contributed by atoms with Crippen molar-refractivity contribution in [1.29, 1.82) is 0 Å². The molecule has 0 radical (unpaired) electrons. The average Bonchev–Trinajstić information content (AvgIpc) is 2.49. The lowest BCUT2D eigenvalue weighted by Gasteiger charge is -1.99. The van der Waals surface area contributed by atoms with Gasteiger partial charge in [0.2, 0.25) is 0 Å². The number of rotatable bonds is 2. The van der Waals surface area contributed by atoms with E-state index in [0.717, 1.165) is 21.5 Å². The van der Waals surface area contributed by atoms with Crippen LogP contribution in [0.4, 0.5) is 0 Å². The summed E-state index contributed by atoms with van der Waals surface area (Å²) in [6.07, 6.45) is 0.862. The van der Waals surface area contributed by atoms with Gasteiger partial charge in [0.05, 0.1) is 5.02 Å². The molecule has 14 heavy (non-hydrogen) atoms. The lowest BCUT2D eigenvalue weighted by molar-refractivity contribution is 0.981. The molecule has 0 atom stereocenters. The highest BCUT2D eigenvalue weighted by Gasteiger charge is 2.08. The number of fused-ring (bicyclic) bond motifs is 1. The van der Waals surface area contributed by atoms with E-state index >= 15 is 0 Å². The van der Waals surface area contributed by atoms with E-state index in [0.29, 0.717) is 11.6 Å².